The molecule has 0 aromatic heterocycles. The molecule has 1 aliphatic rings. The molecule has 0 bridgehead atoms. The largest absolute Gasteiger partial charge is 0.481 e. The van der Waals surface area contributed by atoms with Crippen LogP contribution in [0.1, 0.15) is 31.2 Å². The number of hydrogen-bond donors (Lipinski definition) is 1. The topological polar surface area (TPSA) is 57.6 Å². The number of likely N-dealkylation sites (N-methyl/N-ethyl adjacent to an activating group) is 1. The number of aliphatic carboxylic acids is 1. The van der Waals surface area contributed by atoms with Crippen LogP contribution in [-0.4, -0.2) is 35.5 Å². The number of hydrogen-bond acceptors (Lipinski definition) is 2. The van der Waals surface area contributed by atoms with Crippen molar-refractivity contribution in [3.63, 3.8) is 0 Å². The van der Waals surface area contributed by atoms with Crippen LogP contribution in [0.5, 0.6) is 0 Å². The van der Waals surface area contributed by atoms with E-state index in [4.69, 9.17) is 5.11 Å². The average Bonchev–Trinajstić information content (AvgIpc) is 3.20. The highest BCUT2D eigenvalue weighted by Gasteiger charge is 2.52. The summed E-state index contributed by atoms with van der Waals surface area (Å²) < 4.78 is 0. The number of nitrogens with zero attached hydrogens (tertiary/aromatic N) is 1. The number of carboxylic acids is 1. The van der Waals surface area contributed by atoms with Crippen LogP contribution < -0.4 is 0 Å². The fraction of sp³-hybridized carbons (Fsp3) is 0.467. The summed E-state index contributed by atoms with van der Waals surface area (Å²) in [5.74, 6) is -0.700. The van der Waals surface area contributed by atoms with Crippen molar-refractivity contribution in [2.24, 2.45) is 0 Å². The van der Waals surface area contributed by atoms with Gasteiger partial charge in [0.2, 0.25) is 5.91 Å². The van der Waals surface area contributed by atoms with Gasteiger partial charge in [-0.2, -0.15) is 0 Å². The number of rotatable bonds is 6. The van der Waals surface area contributed by atoms with Crippen molar-refractivity contribution >= 4 is 11.9 Å². The van der Waals surface area contributed by atoms with E-state index in [0.29, 0.717) is 13.0 Å². The Morgan fingerprint density at radius 2 is 1.89 bits per heavy atom. The van der Waals surface area contributed by atoms with Gasteiger partial charge in [0.1, 0.15) is 0 Å². The quantitative estimate of drug-likeness (QED) is 0.852. The molecule has 1 aromatic rings. The Morgan fingerprint density at radius 1 is 1.26 bits per heavy atom. The lowest BCUT2D eigenvalue weighted by molar-refractivity contribution is -0.138. The first kappa shape index (κ1) is 13.6. The first-order valence-corrected chi connectivity index (χ1v) is 6.59. The SMILES string of the molecule is CN(CCCC(=O)O)C(=O)C1(c2ccccc2)CC1. The van der Waals surface area contributed by atoms with Crippen LogP contribution in [0.4, 0.5) is 0 Å². The molecule has 0 aliphatic heterocycles. The van der Waals surface area contributed by atoms with Crippen molar-refractivity contribution in [2.45, 2.75) is 31.1 Å². The molecular weight excluding hydrogens is 242 g/mol. The van der Waals surface area contributed by atoms with Crippen molar-refractivity contribution in [2.75, 3.05) is 13.6 Å². The van der Waals surface area contributed by atoms with Gasteiger partial charge in [-0.1, -0.05) is 30.3 Å². The van der Waals surface area contributed by atoms with E-state index in [1.807, 2.05) is 30.3 Å². The van der Waals surface area contributed by atoms with Gasteiger partial charge in [-0.3, -0.25) is 9.59 Å². The van der Waals surface area contributed by atoms with Crippen molar-refractivity contribution in [1.29, 1.82) is 0 Å². The van der Waals surface area contributed by atoms with Gasteiger partial charge >= 0.3 is 5.97 Å². The van der Waals surface area contributed by atoms with Crippen molar-refractivity contribution in [3.05, 3.63) is 35.9 Å². The van der Waals surface area contributed by atoms with E-state index in [1.54, 1.807) is 11.9 Å². The van der Waals surface area contributed by atoms with Gasteiger partial charge in [0.25, 0.3) is 0 Å². The van der Waals surface area contributed by atoms with Gasteiger partial charge in [-0.05, 0) is 24.8 Å². The summed E-state index contributed by atoms with van der Waals surface area (Å²) in [6.07, 6.45) is 2.39. The summed E-state index contributed by atoms with van der Waals surface area (Å²) >= 11 is 0. The molecule has 19 heavy (non-hydrogen) atoms. The normalized spacial score (nSPS) is 15.8. The molecule has 0 spiro atoms. The lowest BCUT2D eigenvalue weighted by Gasteiger charge is -2.23. The van der Waals surface area contributed by atoms with E-state index in [-0.39, 0.29) is 17.7 Å². The Labute approximate surface area is 113 Å². The summed E-state index contributed by atoms with van der Waals surface area (Å²) in [5.41, 5.74) is 0.726. The van der Waals surface area contributed by atoms with Crippen LogP contribution in [0, 0.1) is 0 Å². The molecule has 0 saturated heterocycles. The summed E-state index contributed by atoms with van der Waals surface area (Å²) in [6.45, 7) is 0.500. The minimum absolute atomic E-state index is 0.107. The minimum atomic E-state index is -0.815. The Morgan fingerprint density at radius 3 is 2.42 bits per heavy atom. The first-order valence-electron chi connectivity index (χ1n) is 6.59. The molecule has 0 heterocycles. The minimum Gasteiger partial charge on any atom is -0.481 e. The highest BCUT2D eigenvalue weighted by molar-refractivity contribution is 5.91. The average molecular weight is 261 g/mol. The van der Waals surface area contributed by atoms with Gasteiger partial charge in [0, 0.05) is 20.0 Å². The maximum atomic E-state index is 12.5. The summed E-state index contributed by atoms with van der Waals surface area (Å²) in [7, 11) is 1.76. The van der Waals surface area contributed by atoms with Crippen LogP contribution >= 0.6 is 0 Å². The van der Waals surface area contributed by atoms with Gasteiger partial charge < -0.3 is 10.0 Å². The number of amides is 1. The van der Waals surface area contributed by atoms with Crippen molar-refractivity contribution in [3.8, 4) is 0 Å². The number of benzene rings is 1. The fourth-order valence-electron chi connectivity index (χ4n) is 2.44. The summed E-state index contributed by atoms with van der Waals surface area (Å²) in [6, 6.07) is 9.84. The number of carbonyl (C=O) groups is 2. The van der Waals surface area contributed by atoms with Crippen LogP contribution in [0.3, 0.4) is 0 Å². The van der Waals surface area contributed by atoms with Crippen molar-refractivity contribution < 1.29 is 14.7 Å². The standard InChI is InChI=1S/C15H19NO3/c1-16(11-5-8-13(17)18)14(19)15(9-10-15)12-6-3-2-4-7-12/h2-4,6-7H,5,8-11H2,1H3,(H,17,18). The van der Waals surface area contributed by atoms with E-state index in [2.05, 4.69) is 0 Å². The van der Waals surface area contributed by atoms with Crippen LogP contribution in [0.2, 0.25) is 0 Å². The molecule has 0 atom stereocenters. The molecule has 0 unspecified atom stereocenters. The third-order valence-electron chi connectivity index (χ3n) is 3.72. The molecular formula is C15H19NO3. The Balaban J connectivity index is 1.98. The molecule has 0 radical (unpaired) electrons. The predicted octanol–water partition coefficient (Wildman–Crippen LogP) is 2.04. The van der Waals surface area contributed by atoms with Gasteiger partial charge in [-0.25, -0.2) is 0 Å². The molecule has 1 aromatic carbocycles. The zero-order valence-corrected chi connectivity index (χ0v) is 11.1. The zero-order chi connectivity index (χ0) is 13.9. The van der Waals surface area contributed by atoms with E-state index < -0.39 is 5.97 Å². The second kappa shape index (κ2) is 5.43. The molecule has 1 aliphatic carbocycles. The molecule has 2 rings (SSSR count). The summed E-state index contributed by atoms with van der Waals surface area (Å²) in [4.78, 5) is 24.6. The smallest absolute Gasteiger partial charge is 0.303 e. The molecule has 4 heteroatoms. The van der Waals surface area contributed by atoms with Gasteiger partial charge in [0.15, 0.2) is 0 Å². The second-order valence-electron chi connectivity index (χ2n) is 5.17. The highest BCUT2D eigenvalue weighted by atomic mass is 16.4. The Bertz CT molecular complexity index is 466. The van der Waals surface area contributed by atoms with E-state index in [1.165, 1.54) is 0 Å². The number of carbonyl (C=O) groups excluding carboxylic acids is 1. The van der Waals surface area contributed by atoms with Gasteiger partial charge in [0.05, 0.1) is 5.41 Å². The lowest BCUT2D eigenvalue weighted by atomic mass is 9.94. The van der Waals surface area contributed by atoms with E-state index in [0.717, 1.165) is 18.4 Å². The molecule has 102 valence electrons. The van der Waals surface area contributed by atoms with Gasteiger partial charge in [-0.15, -0.1) is 0 Å². The highest BCUT2D eigenvalue weighted by Crippen LogP contribution is 2.49. The predicted molar refractivity (Wildman–Crippen MR) is 71.9 cm³/mol. The molecule has 4 nitrogen and oxygen atoms in total. The molecule has 1 saturated carbocycles. The Kier molecular flexibility index (Phi) is 3.88. The van der Waals surface area contributed by atoms with E-state index in [9.17, 15) is 9.59 Å². The van der Waals surface area contributed by atoms with Crippen LogP contribution in [0.15, 0.2) is 30.3 Å². The zero-order valence-electron chi connectivity index (χ0n) is 11.1. The van der Waals surface area contributed by atoms with Crippen LogP contribution in [-0.2, 0) is 15.0 Å². The number of carboxylic acid groups (broad SMARTS) is 1. The van der Waals surface area contributed by atoms with Crippen molar-refractivity contribution in [1.82, 2.24) is 4.90 Å². The van der Waals surface area contributed by atoms with E-state index >= 15 is 0 Å². The monoisotopic (exact) mass is 261 g/mol. The Hall–Kier alpha value is -1.84. The fourth-order valence-corrected chi connectivity index (χ4v) is 2.44. The third kappa shape index (κ3) is 2.95. The maximum Gasteiger partial charge on any atom is 0.303 e. The summed E-state index contributed by atoms with van der Waals surface area (Å²) in [5, 5.41) is 8.61. The lowest BCUT2D eigenvalue weighted by Crippen LogP contribution is -2.37. The molecule has 1 N–H and O–H groups in total. The van der Waals surface area contributed by atoms with Crippen LogP contribution in [0.25, 0.3) is 0 Å². The first-order chi connectivity index (χ1) is 9.06. The second-order valence-corrected chi connectivity index (χ2v) is 5.17. The molecule has 1 amide bonds. The maximum absolute atomic E-state index is 12.5. The molecule has 1 fully saturated rings. The third-order valence-corrected chi connectivity index (χ3v) is 3.72.